The van der Waals surface area contributed by atoms with Gasteiger partial charge in [0.15, 0.2) is 0 Å². The van der Waals surface area contributed by atoms with Crippen molar-refractivity contribution in [2.45, 2.75) is 32.7 Å². The third-order valence-corrected chi connectivity index (χ3v) is 3.91. The molecule has 0 radical (unpaired) electrons. The molecular formula is C11H16N2OS. The lowest BCUT2D eigenvalue weighted by Gasteiger charge is -2.40. The number of rotatable bonds is 3. The summed E-state index contributed by atoms with van der Waals surface area (Å²) in [6.45, 7) is 2.63. The Balaban J connectivity index is 2.23. The van der Waals surface area contributed by atoms with E-state index in [9.17, 15) is 4.79 Å². The van der Waals surface area contributed by atoms with Gasteiger partial charge >= 0.3 is 0 Å². The van der Waals surface area contributed by atoms with Crippen LogP contribution in [0.1, 0.15) is 25.0 Å². The van der Waals surface area contributed by atoms with Gasteiger partial charge in [0.1, 0.15) is 0 Å². The van der Waals surface area contributed by atoms with Crippen LogP contribution in [0.15, 0.2) is 16.9 Å². The Morgan fingerprint density at radius 1 is 1.53 bits per heavy atom. The van der Waals surface area contributed by atoms with Crippen LogP contribution in [0.2, 0.25) is 0 Å². The zero-order valence-corrected chi connectivity index (χ0v) is 9.83. The third kappa shape index (κ3) is 2.09. The maximum Gasteiger partial charge on any atom is 0.266 e. The lowest BCUT2D eigenvalue weighted by molar-refractivity contribution is 0.130. The van der Waals surface area contributed by atoms with Crippen LogP contribution in [0.5, 0.6) is 0 Å². The zero-order valence-electron chi connectivity index (χ0n) is 8.94. The molecule has 0 amide bonds. The number of aromatic nitrogens is 2. The van der Waals surface area contributed by atoms with Gasteiger partial charge in [0.2, 0.25) is 0 Å². The first-order valence-electron chi connectivity index (χ1n) is 5.31. The zero-order chi connectivity index (χ0) is 10.9. The molecule has 2 rings (SSSR count). The maximum atomic E-state index is 11.6. The third-order valence-electron chi connectivity index (χ3n) is 3.23. The van der Waals surface area contributed by atoms with Gasteiger partial charge in [-0.3, -0.25) is 4.79 Å². The molecule has 1 aromatic rings. The molecule has 1 fully saturated rings. The molecule has 0 saturated heterocycles. The van der Waals surface area contributed by atoms with Gasteiger partial charge in [-0.05, 0) is 37.0 Å². The lowest BCUT2D eigenvalue weighted by atomic mass is 9.70. The van der Waals surface area contributed by atoms with Gasteiger partial charge in [-0.15, -0.1) is 0 Å². The predicted octanol–water partition coefficient (Wildman–Crippen LogP) is 1.65. The van der Waals surface area contributed by atoms with Gasteiger partial charge in [0.25, 0.3) is 5.56 Å². The summed E-state index contributed by atoms with van der Waals surface area (Å²) in [6, 6.07) is 3.35. The van der Waals surface area contributed by atoms with Crippen molar-refractivity contribution < 1.29 is 0 Å². The van der Waals surface area contributed by atoms with Crippen molar-refractivity contribution in [1.82, 2.24) is 9.78 Å². The number of hydrogen-bond acceptors (Lipinski definition) is 3. The molecule has 0 N–H and O–H groups in total. The van der Waals surface area contributed by atoms with E-state index in [1.54, 1.807) is 16.8 Å². The van der Waals surface area contributed by atoms with Crippen LogP contribution in [0.3, 0.4) is 0 Å². The van der Waals surface area contributed by atoms with Crippen LogP contribution in [0.4, 0.5) is 0 Å². The monoisotopic (exact) mass is 224 g/mol. The average Bonchev–Trinajstić information content (AvgIpc) is 2.17. The highest BCUT2D eigenvalue weighted by Crippen LogP contribution is 2.42. The molecular weight excluding hydrogens is 208 g/mol. The first-order chi connectivity index (χ1) is 7.15. The van der Waals surface area contributed by atoms with Crippen molar-refractivity contribution in [3.05, 3.63) is 28.2 Å². The predicted molar refractivity (Wildman–Crippen MR) is 63.4 cm³/mol. The molecule has 0 unspecified atom stereocenters. The molecule has 4 heteroatoms. The Bertz CT molecular complexity index is 404. The Morgan fingerprint density at radius 2 is 2.27 bits per heavy atom. The highest BCUT2D eigenvalue weighted by molar-refractivity contribution is 7.80. The quantitative estimate of drug-likeness (QED) is 0.792. The van der Waals surface area contributed by atoms with Crippen LogP contribution in [-0.2, 0) is 6.54 Å². The van der Waals surface area contributed by atoms with E-state index in [0.717, 1.165) is 18.0 Å². The number of hydrogen-bond donors (Lipinski definition) is 1. The molecule has 1 aliphatic carbocycles. The van der Waals surface area contributed by atoms with E-state index in [1.807, 2.05) is 6.92 Å². The summed E-state index contributed by atoms with van der Waals surface area (Å²) in [6.07, 6.45) is 3.58. The standard InChI is InChI=1S/C11H16N2OS/c1-9-3-4-10(14)13(12-9)7-11(8-15)5-2-6-11/h3-4,15H,2,5-8H2,1H3. The van der Waals surface area contributed by atoms with Gasteiger partial charge in [0.05, 0.1) is 12.2 Å². The second kappa shape index (κ2) is 4.00. The SMILES string of the molecule is Cc1ccc(=O)n(CC2(CS)CCC2)n1. The summed E-state index contributed by atoms with van der Waals surface area (Å²) >= 11 is 4.38. The van der Waals surface area contributed by atoms with Crippen molar-refractivity contribution in [1.29, 1.82) is 0 Å². The lowest BCUT2D eigenvalue weighted by Crippen LogP contribution is -2.40. The summed E-state index contributed by atoms with van der Waals surface area (Å²) in [4.78, 5) is 11.6. The van der Waals surface area contributed by atoms with Crippen molar-refractivity contribution >= 4 is 12.6 Å². The molecule has 15 heavy (non-hydrogen) atoms. The summed E-state index contributed by atoms with van der Waals surface area (Å²) in [5, 5.41) is 4.26. The highest BCUT2D eigenvalue weighted by Gasteiger charge is 2.36. The minimum absolute atomic E-state index is 0.00587. The fourth-order valence-corrected chi connectivity index (χ4v) is 2.44. The molecule has 3 nitrogen and oxygen atoms in total. The van der Waals surface area contributed by atoms with E-state index >= 15 is 0 Å². The smallest absolute Gasteiger partial charge is 0.266 e. The second-order valence-corrected chi connectivity index (χ2v) is 4.80. The molecule has 1 saturated carbocycles. The van der Waals surface area contributed by atoms with Gasteiger partial charge < -0.3 is 0 Å². The first kappa shape index (κ1) is 10.7. The number of nitrogens with zero attached hydrogens (tertiary/aromatic N) is 2. The summed E-state index contributed by atoms with van der Waals surface area (Å²) < 4.78 is 1.59. The van der Waals surface area contributed by atoms with E-state index in [4.69, 9.17) is 0 Å². The molecule has 0 bridgehead atoms. The number of aryl methyl sites for hydroxylation is 1. The number of thiol groups is 1. The minimum Gasteiger partial charge on any atom is -0.268 e. The summed E-state index contributed by atoms with van der Waals surface area (Å²) in [5.74, 6) is 0.842. The minimum atomic E-state index is -0.00587. The van der Waals surface area contributed by atoms with E-state index < -0.39 is 0 Å². The largest absolute Gasteiger partial charge is 0.268 e. The Hall–Kier alpha value is -0.770. The van der Waals surface area contributed by atoms with Crippen molar-refractivity contribution in [2.75, 3.05) is 5.75 Å². The first-order valence-corrected chi connectivity index (χ1v) is 5.94. The molecule has 1 heterocycles. The van der Waals surface area contributed by atoms with Crippen LogP contribution in [0.25, 0.3) is 0 Å². The van der Waals surface area contributed by atoms with Crippen molar-refractivity contribution in [2.24, 2.45) is 5.41 Å². The highest BCUT2D eigenvalue weighted by atomic mass is 32.1. The van der Waals surface area contributed by atoms with Gasteiger partial charge in [0, 0.05) is 6.07 Å². The molecule has 0 spiro atoms. The van der Waals surface area contributed by atoms with Crippen LogP contribution in [-0.4, -0.2) is 15.5 Å². The van der Waals surface area contributed by atoms with E-state index in [0.29, 0.717) is 0 Å². The molecule has 0 aromatic carbocycles. The molecule has 0 aliphatic heterocycles. The van der Waals surface area contributed by atoms with E-state index in [-0.39, 0.29) is 11.0 Å². The van der Waals surface area contributed by atoms with Gasteiger partial charge in [-0.25, -0.2) is 4.68 Å². The second-order valence-electron chi connectivity index (χ2n) is 4.48. The fraction of sp³-hybridized carbons (Fsp3) is 0.636. The van der Waals surface area contributed by atoms with Crippen molar-refractivity contribution in [3.63, 3.8) is 0 Å². The Labute approximate surface area is 94.9 Å². The van der Waals surface area contributed by atoms with Gasteiger partial charge in [-0.1, -0.05) is 6.42 Å². The summed E-state index contributed by atoms with van der Waals surface area (Å²) in [7, 11) is 0. The van der Waals surface area contributed by atoms with Crippen LogP contribution in [0, 0.1) is 12.3 Å². The van der Waals surface area contributed by atoms with E-state index in [2.05, 4.69) is 17.7 Å². The topological polar surface area (TPSA) is 34.9 Å². The van der Waals surface area contributed by atoms with Crippen molar-refractivity contribution in [3.8, 4) is 0 Å². The normalized spacial score (nSPS) is 18.5. The Morgan fingerprint density at radius 3 is 2.80 bits per heavy atom. The Kier molecular flexibility index (Phi) is 2.87. The average molecular weight is 224 g/mol. The maximum absolute atomic E-state index is 11.6. The van der Waals surface area contributed by atoms with Crippen LogP contribution < -0.4 is 5.56 Å². The van der Waals surface area contributed by atoms with E-state index in [1.165, 1.54) is 19.3 Å². The molecule has 82 valence electrons. The fourth-order valence-electron chi connectivity index (χ4n) is 2.02. The molecule has 1 aliphatic rings. The van der Waals surface area contributed by atoms with Gasteiger partial charge in [-0.2, -0.15) is 17.7 Å². The molecule has 0 atom stereocenters. The summed E-state index contributed by atoms with van der Waals surface area (Å²) in [5.41, 5.74) is 1.10. The van der Waals surface area contributed by atoms with Crippen LogP contribution >= 0.6 is 12.6 Å². The molecule has 1 aromatic heterocycles.